The molecule has 0 aliphatic carbocycles. The number of esters is 1. The Morgan fingerprint density at radius 2 is 2.04 bits per heavy atom. The van der Waals surface area contributed by atoms with E-state index in [-0.39, 0.29) is 17.7 Å². The molecule has 0 saturated heterocycles. The van der Waals surface area contributed by atoms with Gasteiger partial charge < -0.3 is 9.47 Å². The molecule has 0 N–H and O–H groups in total. The van der Waals surface area contributed by atoms with Gasteiger partial charge in [-0.2, -0.15) is 0 Å². The SMILES string of the molecule is COc1ccc(Cl)cc1C(=O)OCc1cc(=O)n2c(C)cccc2n1. The number of pyridine rings is 1. The summed E-state index contributed by atoms with van der Waals surface area (Å²) >= 11 is 5.92. The van der Waals surface area contributed by atoms with Crippen LogP contribution in [-0.2, 0) is 11.3 Å². The van der Waals surface area contributed by atoms with Crippen LogP contribution in [0.5, 0.6) is 5.75 Å². The topological polar surface area (TPSA) is 69.9 Å². The summed E-state index contributed by atoms with van der Waals surface area (Å²) in [5.41, 5.74) is 1.63. The highest BCUT2D eigenvalue weighted by Crippen LogP contribution is 2.23. The predicted octanol–water partition coefficient (Wildman–Crippen LogP) is 3.02. The molecule has 3 aromatic rings. The van der Waals surface area contributed by atoms with Crippen LogP contribution in [0.2, 0.25) is 5.02 Å². The van der Waals surface area contributed by atoms with Crippen LogP contribution in [-0.4, -0.2) is 22.5 Å². The highest BCUT2D eigenvalue weighted by Gasteiger charge is 2.15. The second-order valence-electron chi connectivity index (χ2n) is 5.37. The lowest BCUT2D eigenvalue weighted by Gasteiger charge is -2.10. The highest BCUT2D eigenvalue weighted by atomic mass is 35.5. The Morgan fingerprint density at radius 3 is 2.80 bits per heavy atom. The van der Waals surface area contributed by atoms with Gasteiger partial charge >= 0.3 is 5.97 Å². The molecule has 0 fully saturated rings. The van der Waals surface area contributed by atoms with Crippen molar-refractivity contribution in [2.45, 2.75) is 13.5 Å². The Bertz CT molecular complexity index is 1010. The third kappa shape index (κ3) is 3.49. The van der Waals surface area contributed by atoms with E-state index in [9.17, 15) is 9.59 Å². The Hall–Kier alpha value is -2.86. The molecule has 0 amide bonds. The first-order valence-electron chi connectivity index (χ1n) is 7.48. The number of rotatable bonds is 4. The molecule has 0 aliphatic heterocycles. The average Bonchev–Trinajstić information content (AvgIpc) is 2.59. The molecule has 0 atom stereocenters. The van der Waals surface area contributed by atoms with E-state index < -0.39 is 5.97 Å². The number of hydrogen-bond acceptors (Lipinski definition) is 5. The zero-order valence-electron chi connectivity index (χ0n) is 13.7. The number of ether oxygens (including phenoxy) is 2. The van der Waals surface area contributed by atoms with Gasteiger partial charge in [0.2, 0.25) is 0 Å². The molecule has 3 rings (SSSR count). The molecule has 2 heterocycles. The lowest BCUT2D eigenvalue weighted by atomic mass is 10.2. The fourth-order valence-corrected chi connectivity index (χ4v) is 2.67. The van der Waals surface area contributed by atoms with Crippen molar-refractivity contribution in [3.63, 3.8) is 0 Å². The van der Waals surface area contributed by atoms with Crippen molar-refractivity contribution in [3.8, 4) is 5.75 Å². The van der Waals surface area contributed by atoms with Gasteiger partial charge in [0, 0.05) is 16.8 Å². The van der Waals surface area contributed by atoms with E-state index in [1.54, 1.807) is 18.2 Å². The molecular weight excluding hydrogens is 344 g/mol. The number of hydrogen-bond donors (Lipinski definition) is 0. The number of carbonyl (C=O) groups excluding carboxylic acids is 1. The minimum atomic E-state index is -0.606. The number of aryl methyl sites for hydroxylation is 1. The van der Waals surface area contributed by atoms with E-state index in [0.29, 0.717) is 22.1 Å². The van der Waals surface area contributed by atoms with Gasteiger partial charge in [-0.15, -0.1) is 0 Å². The molecule has 128 valence electrons. The van der Waals surface area contributed by atoms with Crippen LogP contribution in [0, 0.1) is 6.92 Å². The number of methoxy groups -OCH3 is 1. The van der Waals surface area contributed by atoms with Crippen LogP contribution in [0.15, 0.2) is 47.3 Å². The number of carbonyl (C=O) groups is 1. The molecule has 0 aliphatic rings. The van der Waals surface area contributed by atoms with Gasteiger partial charge in [0.05, 0.1) is 12.8 Å². The molecule has 0 bridgehead atoms. The minimum absolute atomic E-state index is 0.131. The molecule has 0 saturated carbocycles. The summed E-state index contributed by atoms with van der Waals surface area (Å²) in [4.78, 5) is 28.9. The van der Waals surface area contributed by atoms with Crippen molar-refractivity contribution in [1.82, 2.24) is 9.38 Å². The van der Waals surface area contributed by atoms with Gasteiger partial charge in [0.25, 0.3) is 5.56 Å². The van der Waals surface area contributed by atoms with Crippen LogP contribution >= 0.6 is 11.6 Å². The molecule has 2 aromatic heterocycles. The van der Waals surface area contributed by atoms with E-state index in [2.05, 4.69) is 4.98 Å². The highest BCUT2D eigenvalue weighted by molar-refractivity contribution is 6.31. The summed E-state index contributed by atoms with van der Waals surface area (Å²) in [5.74, 6) is -0.248. The first-order valence-corrected chi connectivity index (χ1v) is 7.86. The van der Waals surface area contributed by atoms with Crippen molar-refractivity contribution >= 4 is 23.2 Å². The van der Waals surface area contributed by atoms with Gasteiger partial charge in [-0.05, 0) is 37.3 Å². The molecule has 7 heteroatoms. The Labute approximate surface area is 148 Å². The molecule has 0 radical (unpaired) electrons. The van der Waals surface area contributed by atoms with Crippen molar-refractivity contribution in [2.24, 2.45) is 0 Å². The normalized spacial score (nSPS) is 10.7. The van der Waals surface area contributed by atoms with E-state index in [0.717, 1.165) is 5.69 Å². The molecule has 6 nitrogen and oxygen atoms in total. The summed E-state index contributed by atoms with van der Waals surface area (Å²) in [6.45, 7) is 1.69. The Kier molecular flexibility index (Phi) is 4.72. The van der Waals surface area contributed by atoms with E-state index in [1.807, 2.05) is 19.1 Å². The Balaban J connectivity index is 1.85. The Morgan fingerprint density at radius 1 is 1.24 bits per heavy atom. The zero-order valence-corrected chi connectivity index (χ0v) is 14.4. The number of aromatic nitrogens is 2. The van der Waals surface area contributed by atoms with Crippen molar-refractivity contribution in [2.75, 3.05) is 7.11 Å². The van der Waals surface area contributed by atoms with Crippen molar-refractivity contribution in [3.05, 3.63) is 74.8 Å². The van der Waals surface area contributed by atoms with Crippen LogP contribution in [0.1, 0.15) is 21.7 Å². The van der Waals surface area contributed by atoms with Crippen molar-refractivity contribution in [1.29, 1.82) is 0 Å². The fraction of sp³-hybridized carbons (Fsp3) is 0.167. The number of halogens is 1. The summed E-state index contributed by atoms with van der Waals surface area (Å²) in [7, 11) is 1.45. The first kappa shape index (κ1) is 17.0. The van der Waals surface area contributed by atoms with Gasteiger partial charge in [-0.1, -0.05) is 17.7 Å². The largest absolute Gasteiger partial charge is 0.496 e. The van der Waals surface area contributed by atoms with Crippen LogP contribution in [0.25, 0.3) is 5.65 Å². The smallest absolute Gasteiger partial charge is 0.342 e. The predicted molar refractivity (Wildman–Crippen MR) is 93.3 cm³/mol. The summed E-state index contributed by atoms with van der Waals surface area (Å²) in [6, 6.07) is 11.4. The maximum Gasteiger partial charge on any atom is 0.342 e. The van der Waals surface area contributed by atoms with E-state index in [4.69, 9.17) is 21.1 Å². The maximum atomic E-state index is 12.3. The van der Waals surface area contributed by atoms with Crippen LogP contribution in [0.4, 0.5) is 0 Å². The van der Waals surface area contributed by atoms with Crippen LogP contribution in [0.3, 0.4) is 0 Å². The monoisotopic (exact) mass is 358 g/mol. The summed E-state index contributed by atoms with van der Waals surface area (Å²) in [5, 5.41) is 0.394. The van der Waals surface area contributed by atoms with Gasteiger partial charge in [0.1, 0.15) is 23.6 Å². The summed E-state index contributed by atoms with van der Waals surface area (Å²) in [6.07, 6.45) is 0. The second-order valence-corrected chi connectivity index (χ2v) is 5.80. The summed E-state index contributed by atoms with van der Waals surface area (Å²) < 4.78 is 11.9. The zero-order chi connectivity index (χ0) is 18.0. The average molecular weight is 359 g/mol. The van der Waals surface area contributed by atoms with Crippen LogP contribution < -0.4 is 10.3 Å². The van der Waals surface area contributed by atoms with E-state index in [1.165, 1.54) is 23.6 Å². The first-order chi connectivity index (χ1) is 12.0. The molecule has 1 aromatic carbocycles. The molecule has 25 heavy (non-hydrogen) atoms. The lowest BCUT2D eigenvalue weighted by molar-refractivity contribution is 0.0464. The third-order valence-corrected chi connectivity index (χ3v) is 3.90. The lowest BCUT2D eigenvalue weighted by Crippen LogP contribution is -2.18. The van der Waals surface area contributed by atoms with Crippen molar-refractivity contribution < 1.29 is 14.3 Å². The van der Waals surface area contributed by atoms with E-state index >= 15 is 0 Å². The quantitative estimate of drug-likeness (QED) is 0.670. The van der Waals surface area contributed by atoms with Gasteiger partial charge in [-0.3, -0.25) is 9.20 Å². The molecular formula is C18H15ClN2O4. The fourth-order valence-electron chi connectivity index (χ4n) is 2.49. The van der Waals surface area contributed by atoms with Gasteiger partial charge in [-0.25, -0.2) is 9.78 Å². The number of benzene rings is 1. The maximum absolute atomic E-state index is 12.3. The minimum Gasteiger partial charge on any atom is -0.496 e. The second kappa shape index (κ2) is 6.94. The standard InChI is InChI=1S/C18H15ClN2O4/c1-11-4-3-5-16-20-13(9-17(22)21(11)16)10-25-18(23)14-8-12(19)6-7-15(14)24-2/h3-9H,10H2,1-2H3. The third-order valence-electron chi connectivity index (χ3n) is 3.67. The molecule has 0 unspecified atom stereocenters. The molecule has 0 spiro atoms. The number of nitrogens with zero attached hydrogens (tertiary/aromatic N) is 2. The van der Waals surface area contributed by atoms with Gasteiger partial charge in [0.15, 0.2) is 0 Å². The number of fused-ring (bicyclic) bond motifs is 1.